The van der Waals surface area contributed by atoms with Crippen molar-refractivity contribution in [1.29, 1.82) is 0 Å². The van der Waals surface area contributed by atoms with E-state index in [0.29, 0.717) is 46.4 Å². The van der Waals surface area contributed by atoms with Crippen LogP contribution in [0, 0.1) is 11.5 Å². The molecule has 2 aromatic rings. The Morgan fingerprint density at radius 1 is 1.18 bits per heavy atom. The van der Waals surface area contributed by atoms with E-state index in [1.54, 1.807) is 0 Å². The van der Waals surface area contributed by atoms with Gasteiger partial charge < -0.3 is 4.74 Å². The smallest absolute Gasteiger partial charge is 0.253 e. The van der Waals surface area contributed by atoms with E-state index in [-0.39, 0.29) is 16.8 Å². The highest BCUT2D eigenvalue weighted by molar-refractivity contribution is 7.90. The quantitative estimate of drug-likeness (QED) is 0.347. The maximum Gasteiger partial charge on any atom is 0.253 e. The summed E-state index contributed by atoms with van der Waals surface area (Å²) in [7, 11) is -5.66. The molecule has 0 spiro atoms. The largest absolute Gasteiger partial charge is 0.376 e. The van der Waals surface area contributed by atoms with E-state index in [1.165, 1.54) is 16.8 Å². The molecule has 3 heterocycles. The number of sulfone groups is 1. The van der Waals surface area contributed by atoms with Crippen molar-refractivity contribution >= 4 is 28.9 Å². The van der Waals surface area contributed by atoms with Crippen LogP contribution in [-0.4, -0.2) is 50.0 Å². The molecule has 1 unspecified atom stereocenters. The first-order valence-corrected chi connectivity index (χ1v) is 15.8. The third-order valence-corrected chi connectivity index (χ3v) is 14.0. The van der Waals surface area contributed by atoms with Crippen LogP contribution in [0.1, 0.15) is 59.9 Å². The Labute approximate surface area is 197 Å². The molecule has 0 saturated carbocycles. The molecule has 1 saturated heterocycles. The fraction of sp³-hybridized carbons (Fsp3) is 0.625. The van der Waals surface area contributed by atoms with Crippen LogP contribution in [-0.2, 0) is 21.1 Å². The number of hydrogen-bond acceptors (Lipinski definition) is 6. The maximum atomic E-state index is 13.2. The zero-order valence-corrected chi connectivity index (χ0v) is 22.5. The monoisotopic (exact) mass is 489 g/mol. The summed E-state index contributed by atoms with van der Waals surface area (Å²) in [5.41, 5.74) is 5.58. The first-order chi connectivity index (χ1) is 15.4. The summed E-state index contributed by atoms with van der Waals surface area (Å²) >= 11 is 0. The van der Waals surface area contributed by atoms with Crippen molar-refractivity contribution in [3.8, 4) is 11.5 Å². The Morgan fingerprint density at radius 3 is 2.33 bits per heavy atom. The SMILES string of the molecule is CC(C)[Si](C#Cc1cc(=O)n(CC2CCCO2)c2nc(S(C)(=O)=O)ncc12)(C(C)C)C(C)C. The summed E-state index contributed by atoms with van der Waals surface area (Å²) < 4.78 is 31.5. The molecule has 0 aromatic carbocycles. The molecule has 1 fully saturated rings. The average Bonchev–Trinajstić information content (AvgIpc) is 3.22. The van der Waals surface area contributed by atoms with Crippen LogP contribution < -0.4 is 5.56 Å². The average molecular weight is 490 g/mol. The molecule has 0 N–H and O–H groups in total. The minimum atomic E-state index is -3.63. The molecule has 9 heteroatoms. The molecule has 0 bridgehead atoms. The Hall–Kier alpha value is -2.02. The minimum absolute atomic E-state index is 0.0950. The van der Waals surface area contributed by atoms with Gasteiger partial charge >= 0.3 is 0 Å². The maximum absolute atomic E-state index is 13.2. The first kappa shape index (κ1) is 25.6. The zero-order chi connectivity index (χ0) is 24.6. The molecule has 3 rings (SSSR count). The molecule has 0 radical (unpaired) electrons. The van der Waals surface area contributed by atoms with Crippen LogP contribution in [0.3, 0.4) is 0 Å². The van der Waals surface area contributed by atoms with Gasteiger partial charge in [0, 0.05) is 30.7 Å². The lowest BCUT2D eigenvalue weighted by molar-refractivity contribution is 0.0970. The number of hydrogen-bond donors (Lipinski definition) is 0. The van der Waals surface area contributed by atoms with Crippen molar-refractivity contribution in [1.82, 2.24) is 14.5 Å². The number of aromatic nitrogens is 3. The fourth-order valence-corrected chi connectivity index (χ4v) is 10.9. The van der Waals surface area contributed by atoms with Gasteiger partial charge in [-0.3, -0.25) is 9.36 Å². The van der Waals surface area contributed by atoms with Gasteiger partial charge in [0.1, 0.15) is 13.7 Å². The lowest BCUT2D eigenvalue weighted by Crippen LogP contribution is -2.43. The van der Waals surface area contributed by atoms with Crippen LogP contribution in [0.4, 0.5) is 0 Å². The predicted octanol–water partition coefficient (Wildman–Crippen LogP) is 3.94. The van der Waals surface area contributed by atoms with E-state index < -0.39 is 17.9 Å². The van der Waals surface area contributed by atoms with E-state index in [2.05, 4.69) is 63.0 Å². The van der Waals surface area contributed by atoms with Crippen LogP contribution in [0.25, 0.3) is 11.0 Å². The second-order valence-corrected chi connectivity index (χ2v) is 17.4. The first-order valence-electron chi connectivity index (χ1n) is 11.6. The summed E-state index contributed by atoms with van der Waals surface area (Å²) in [5.74, 6) is 3.33. The number of fused-ring (bicyclic) bond motifs is 1. The van der Waals surface area contributed by atoms with Crippen LogP contribution >= 0.6 is 0 Å². The van der Waals surface area contributed by atoms with E-state index in [0.717, 1.165) is 19.1 Å². The molecule has 33 heavy (non-hydrogen) atoms. The van der Waals surface area contributed by atoms with E-state index in [1.807, 2.05) is 0 Å². The van der Waals surface area contributed by atoms with Gasteiger partial charge in [-0.2, -0.15) is 4.98 Å². The highest BCUT2D eigenvalue weighted by atomic mass is 32.2. The molecule has 1 atom stereocenters. The Balaban J connectivity index is 2.26. The standard InChI is InChI=1S/C24H35N3O4SSi/c1-16(2)33(17(3)4,18(5)6)12-10-19-13-22(28)27(15-20-9-8-11-31-20)23-21(19)14-25-24(26-23)32(7,29)30/h13-14,16-18,20H,8-9,11,15H2,1-7H3. The van der Waals surface area contributed by atoms with Crippen molar-refractivity contribution in [2.75, 3.05) is 12.9 Å². The molecule has 2 aromatic heterocycles. The van der Waals surface area contributed by atoms with Gasteiger partial charge in [0.25, 0.3) is 5.56 Å². The second-order valence-electron chi connectivity index (χ2n) is 9.95. The molecular formula is C24H35N3O4SSi. The van der Waals surface area contributed by atoms with Crippen molar-refractivity contribution in [3.63, 3.8) is 0 Å². The minimum Gasteiger partial charge on any atom is -0.376 e. The van der Waals surface area contributed by atoms with Crippen molar-refractivity contribution in [2.45, 2.75) is 88.8 Å². The Bertz CT molecular complexity index is 1230. The van der Waals surface area contributed by atoms with Crippen LogP contribution in [0.2, 0.25) is 16.6 Å². The van der Waals surface area contributed by atoms with Gasteiger partial charge in [0.05, 0.1) is 18.0 Å². The summed E-state index contributed by atoms with van der Waals surface area (Å²) in [4.78, 5) is 21.6. The molecule has 7 nitrogen and oxygen atoms in total. The highest BCUT2D eigenvalue weighted by Gasteiger charge is 2.41. The fourth-order valence-electron chi connectivity index (χ4n) is 5.20. The normalized spacial score (nSPS) is 17.2. The third-order valence-electron chi connectivity index (χ3n) is 6.85. The summed E-state index contributed by atoms with van der Waals surface area (Å²) in [6.45, 7) is 14.4. The highest BCUT2D eigenvalue weighted by Crippen LogP contribution is 2.40. The Kier molecular flexibility index (Phi) is 7.51. The Morgan fingerprint density at radius 2 is 1.82 bits per heavy atom. The molecular weight excluding hydrogens is 454 g/mol. The molecule has 1 aliphatic rings. The summed E-state index contributed by atoms with van der Waals surface area (Å²) in [6, 6.07) is 1.54. The van der Waals surface area contributed by atoms with Gasteiger partial charge in [-0.25, -0.2) is 13.4 Å². The number of rotatable bonds is 6. The molecule has 0 amide bonds. The third kappa shape index (κ3) is 5.08. The predicted molar refractivity (Wildman–Crippen MR) is 134 cm³/mol. The van der Waals surface area contributed by atoms with Crippen molar-refractivity contribution < 1.29 is 13.2 Å². The van der Waals surface area contributed by atoms with Gasteiger partial charge in [0.2, 0.25) is 15.0 Å². The molecule has 0 aliphatic carbocycles. The van der Waals surface area contributed by atoms with Crippen molar-refractivity contribution in [3.05, 3.63) is 28.2 Å². The second kappa shape index (κ2) is 9.69. The van der Waals surface area contributed by atoms with Crippen molar-refractivity contribution in [2.24, 2.45) is 0 Å². The van der Waals surface area contributed by atoms with Gasteiger partial charge in [-0.1, -0.05) is 47.5 Å². The number of nitrogens with zero attached hydrogens (tertiary/aromatic N) is 3. The number of pyridine rings is 1. The van der Waals surface area contributed by atoms with Gasteiger partial charge in [0.15, 0.2) is 0 Å². The molecule has 180 valence electrons. The van der Waals surface area contributed by atoms with E-state index in [9.17, 15) is 13.2 Å². The number of ether oxygens (including phenoxy) is 1. The van der Waals surface area contributed by atoms with Crippen LogP contribution in [0.15, 0.2) is 22.2 Å². The lowest BCUT2D eigenvalue weighted by Gasteiger charge is -2.38. The van der Waals surface area contributed by atoms with Gasteiger partial charge in [-0.15, -0.1) is 5.54 Å². The topological polar surface area (TPSA) is 91.2 Å². The summed E-state index contributed by atoms with van der Waals surface area (Å²) in [5, 5.41) is 0.294. The molecule has 1 aliphatic heterocycles. The van der Waals surface area contributed by atoms with Gasteiger partial charge in [-0.05, 0) is 29.5 Å². The van der Waals surface area contributed by atoms with E-state index in [4.69, 9.17) is 4.74 Å². The summed E-state index contributed by atoms with van der Waals surface area (Å²) in [6.07, 6.45) is 4.25. The van der Waals surface area contributed by atoms with Crippen LogP contribution in [0.5, 0.6) is 0 Å². The lowest BCUT2D eigenvalue weighted by atomic mass is 10.1. The zero-order valence-electron chi connectivity index (χ0n) is 20.7. The van der Waals surface area contributed by atoms with E-state index >= 15 is 0 Å².